The number of hydrogen-bond donors (Lipinski definition) is 1. The van der Waals surface area contributed by atoms with Gasteiger partial charge in [-0.05, 0) is 30.9 Å². The maximum Gasteiger partial charge on any atom is 0.346 e. The molecule has 20 heavy (non-hydrogen) atoms. The summed E-state index contributed by atoms with van der Waals surface area (Å²) in [5.74, 6) is 0.846. The van der Waals surface area contributed by atoms with Crippen LogP contribution in [0.1, 0.15) is 35.9 Å². The molecule has 2 heterocycles. The van der Waals surface area contributed by atoms with Gasteiger partial charge in [0.1, 0.15) is 5.82 Å². The monoisotopic (exact) mass is 273 g/mol. The van der Waals surface area contributed by atoms with Gasteiger partial charge in [-0.15, -0.1) is 0 Å². The highest BCUT2D eigenvalue weighted by atomic mass is 16.3. The molecule has 1 aliphatic rings. The first-order valence-corrected chi connectivity index (χ1v) is 7.07. The van der Waals surface area contributed by atoms with E-state index in [1.165, 1.54) is 4.68 Å². The Kier molecular flexibility index (Phi) is 3.44. The van der Waals surface area contributed by atoms with E-state index in [4.69, 9.17) is 0 Å². The summed E-state index contributed by atoms with van der Waals surface area (Å²) >= 11 is 0. The minimum absolute atomic E-state index is 0.104. The fraction of sp³-hybridized carbons (Fsp3) is 0.467. The third-order valence-corrected chi connectivity index (χ3v) is 3.92. The Morgan fingerprint density at radius 1 is 1.35 bits per heavy atom. The molecule has 0 spiro atoms. The van der Waals surface area contributed by atoms with Crippen LogP contribution in [0.4, 0.5) is 0 Å². The van der Waals surface area contributed by atoms with E-state index in [9.17, 15) is 9.90 Å². The van der Waals surface area contributed by atoms with Crippen LogP contribution in [0.3, 0.4) is 0 Å². The standard InChI is InChI=1S/C15H19N3O2/c1-11-6-2-3-7-12(11)13(19)10-18-15(20)17-9-5-4-8-14(17)16-18/h2-3,6-7,13,19H,4-5,8-10H2,1H3. The van der Waals surface area contributed by atoms with E-state index >= 15 is 0 Å². The topological polar surface area (TPSA) is 60.0 Å². The van der Waals surface area contributed by atoms with Crippen LogP contribution in [-0.4, -0.2) is 19.5 Å². The second-order valence-electron chi connectivity index (χ2n) is 5.36. The van der Waals surface area contributed by atoms with E-state index in [1.54, 1.807) is 4.57 Å². The van der Waals surface area contributed by atoms with Gasteiger partial charge in [0.05, 0.1) is 12.6 Å². The molecule has 1 atom stereocenters. The molecule has 1 N–H and O–H groups in total. The summed E-state index contributed by atoms with van der Waals surface area (Å²) in [4.78, 5) is 12.2. The number of aliphatic hydroxyl groups excluding tert-OH is 1. The van der Waals surface area contributed by atoms with Crippen molar-refractivity contribution in [1.29, 1.82) is 0 Å². The molecule has 0 saturated carbocycles. The Hall–Kier alpha value is -1.88. The van der Waals surface area contributed by atoms with Crippen molar-refractivity contribution < 1.29 is 5.11 Å². The van der Waals surface area contributed by atoms with Gasteiger partial charge in [-0.1, -0.05) is 24.3 Å². The lowest BCUT2D eigenvalue weighted by Gasteiger charge is -2.12. The lowest BCUT2D eigenvalue weighted by molar-refractivity contribution is 0.149. The predicted octanol–water partition coefficient (Wildman–Crippen LogP) is 1.42. The first kappa shape index (κ1) is 13.1. The van der Waals surface area contributed by atoms with Gasteiger partial charge in [0.2, 0.25) is 0 Å². The lowest BCUT2D eigenvalue weighted by atomic mass is 10.0. The lowest BCUT2D eigenvalue weighted by Crippen LogP contribution is -2.28. The maximum atomic E-state index is 12.2. The van der Waals surface area contributed by atoms with Gasteiger partial charge in [-0.25, -0.2) is 9.48 Å². The third-order valence-electron chi connectivity index (χ3n) is 3.92. The van der Waals surface area contributed by atoms with Crippen molar-refractivity contribution in [2.45, 2.75) is 45.4 Å². The van der Waals surface area contributed by atoms with Crippen LogP contribution in [0, 0.1) is 6.92 Å². The molecule has 1 aromatic carbocycles. The van der Waals surface area contributed by atoms with Gasteiger partial charge in [-0.2, -0.15) is 5.10 Å². The molecule has 0 amide bonds. The summed E-state index contributed by atoms with van der Waals surface area (Å²) in [6, 6.07) is 7.68. The summed E-state index contributed by atoms with van der Waals surface area (Å²) in [6.45, 7) is 2.91. The van der Waals surface area contributed by atoms with Crippen LogP contribution in [0.5, 0.6) is 0 Å². The van der Waals surface area contributed by atoms with Crippen LogP contribution in [0.15, 0.2) is 29.1 Å². The maximum absolute atomic E-state index is 12.2. The highest BCUT2D eigenvalue weighted by molar-refractivity contribution is 5.27. The quantitative estimate of drug-likeness (QED) is 0.920. The second-order valence-corrected chi connectivity index (χ2v) is 5.36. The largest absolute Gasteiger partial charge is 0.386 e. The number of nitrogens with zero attached hydrogens (tertiary/aromatic N) is 3. The van der Waals surface area contributed by atoms with E-state index in [1.807, 2.05) is 31.2 Å². The summed E-state index contributed by atoms with van der Waals surface area (Å²) in [5, 5.41) is 14.7. The van der Waals surface area contributed by atoms with E-state index in [2.05, 4.69) is 5.10 Å². The molecule has 5 nitrogen and oxygen atoms in total. The summed E-state index contributed by atoms with van der Waals surface area (Å²) in [7, 11) is 0. The Bertz CT molecular complexity index is 672. The SMILES string of the molecule is Cc1ccccc1C(O)Cn1nc2n(c1=O)CCCC2. The van der Waals surface area contributed by atoms with Crippen molar-refractivity contribution in [2.24, 2.45) is 0 Å². The van der Waals surface area contributed by atoms with E-state index in [-0.39, 0.29) is 12.2 Å². The molecule has 3 rings (SSSR count). The zero-order chi connectivity index (χ0) is 14.1. The van der Waals surface area contributed by atoms with Gasteiger partial charge >= 0.3 is 5.69 Å². The molecule has 5 heteroatoms. The van der Waals surface area contributed by atoms with Gasteiger partial charge < -0.3 is 5.11 Å². The number of fused-ring (bicyclic) bond motifs is 1. The Morgan fingerprint density at radius 2 is 2.15 bits per heavy atom. The predicted molar refractivity (Wildman–Crippen MR) is 75.6 cm³/mol. The van der Waals surface area contributed by atoms with Crippen molar-refractivity contribution in [1.82, 2.24) is 14.3 Å². The average Bonchev–Trinajstić information content (AvgIpc) is 2.76. The van der Waals surface area contributed by atoms with E-state index in [0.717, 1.165) is 42.8 Å². The van der Waals surface area contributed by atoms with Crippen LogP contribution in [0.2, 0.25) is 0 Å². The Balaban J connectivity index is 1.87. The summed E-state index contributed by atoms with van der Waals surface area (Å²) in [5.41, 5.74) is 1.77. The molecule has 106 valence electrons. The molecule has 0 aliphatic carbocycles. The van der Waals surface area contributed by atoms with Crippen molar-refractivity contribution in [3.8, 4) is 0 Å². The van der Waals surface area contributed by atoms with Gasteiger partial charge in [0, 0.05) is 13.0 Å². The minimum Gasteiger partial charge on any atom is -0.386 e. The van der Waals surface area contributed by atoms with Gasteiger partial charge in [0.15, 0.2) is 0 Å². The molecule has 1 aliphatic heterocycles. The first-order chi connectivity index (χ1) is 9.66. The number of aliphatic hydroxyl groups is 1. The average molecular weight is 273 g/mol. The smallest absolute Gasteiger partial charge is 0.346 e. The Morgan fingerprint density at radius 3 is 2.90 bits per heavy atom. The fourth-order valence-electron chi connectivity index (χ4n) is 2.79. The zero-order valence-electron chi connectivity index (χ0n) is 11.6. The number of benzene rings is 1. The Labute approximate surface area is 117 Å². The first-order valence-electron chi connectivity index (χ1n) is 7.07. The summed E-state index contributed by atoms with van der Waals surface area (Å²) in [6.07, 6.45) is 2.25. The molecule has 0 fully saturated rings. The molecule has 0 saturated heterocycles. The molecular formula is C15H19N3O2. The van der Waals surface area contributed by atoms with Crippen LogP contribution >= 0.6 is 0 Å². The molecule has 0 bridgehead atoms. The second kappa shape index (κ2) is 5.25. The molecule has 1 aromatic heterocycles. The van der Waals surface area contributed by atoms with E-state index in [0.29, 0.717) is 0 Å². The van der Waals surface area contributed by atoms with Crippen LogP contribution in [0.25, 0.3) is 0 Å². The minimum atomic E-state index is -0.703. The molecule has 2 aromatic rings. The van der Waals surface area contributed by atoms with Crippen molar-refractivity contribution in [3.05, 3.63) is 51.7 Å². The van der Waals surface area contributed by atoms with Crippen molar-refractivity contribution >= 4 is 0 Å². The summed E-state index contributed by atoms with van der Waals surface area (Å²) < 4.78 is 3.13. The number of hydrogen-bond acceptors (Lipinski definition) is 3. The highest BCUT2D eigenvalue weighted by Crippen LogP contribution is 2.18. The van der Waals surface area contributed by atoms with Crippen LogP contribution < -0.4 is 5.69 Å². The number of aryl methyl sites for hydroxylation is 2. The van der Waals surface area contributed by atoms with Gasteiger partial charge in [-0.3, -0.25) is 4.57 Å². The zero-order valence-corrected chi connectivity index (χ0v) is 11.6. The number of aromatic nitrogens is 3. The molecule has 0 radical (unpaired) electrons. The third kappa shape index (κ3) is 2.29. The molecular weight excluding hydrogens is 254 g/mol. The van der Waals surface area contributed by atoms with Gasteiger partial charge in [0.25, 0.3) is 0 Å². The molecule has 1 unspecified atom stereocenters. The normalized spacial score (nSPS) is 15.9. The highest BCUT2D eigenvalue weighted by Gasteiger charge is 2.19. The number of rotatable bonds is 3. The van der Waals surface area contributed by atoms with Crippen LogP contribution in [-0.2, 0) is 19.5 Å². The van der Waals surface area contributed by atoms with Crippen molar-refractivity contribution in [2.75, 3.05) is 0 Å². The van der Waals surface area contributed by atoms with E-state index < -0.39 is 6.10 Å². The van der Waals surface area contributed by atoms with Crippen molar-refractivity contribution in [3.63, 3.8) is 0 Å². The fourth-order valence-corrected chi connectivity index (χ4v) is 2.79.